The molecule has 0 heterocycles. The van der Waals surface area contributed by atoms with E-state index in [-0.39, 0.29) is 11.1 Å². The number of benzene rings is 1. The van der Waals surface area contributed by atoms with Crippen molar-refractivity contribution in [2.24, 2.45) is 0 Å². The van der Waals surface area contributed by atoms with Gasteiger partial charge in [-0.3, -0.25) is 0 Å². The maximum atomic E-state index is 11.7. The number of aliphatic hydroxyl groups excluding tert-OH is 1. The van der Waals surface area contributed by atoms with E-state index in [9.17, 15) is 9.59 Å². The minimum absolute atomic E-state index is 0.261. The van der Waals surface area contributed by atoms with Crippen molar-refractivity contribution in [2.45, 2.75) is 57.8 Å². The third-order valence-electron chi connectivity index (χ3n) is 4.32. The fourth-order valence-corrected chi connectivity index (χ4v) is 2.80. The van der Waals surface area contributed by atoms with Crippen LogP contribution in [0.2, 0.25) is 0 Å². The second-order valence-electron chi connectivity index (χ2n) is 6.48. The highest BCUT2D eigenvalue weighted by Crippen LogP contribution is 2.20. The number of aliphatic hydroxyl groups is 1. The highest BCUT2D eigenvalue weighted by molar-refractivity contribution is 5.96. The lowest BCUT2D eigenvalue weighted by atomic mass is 10.1. The van der Waals surface area contributed by atoms with E-state index in [4.69, 9.17) is 19.3 Å². The molecule has 0 saturated heterocycles. The summed E-state index contributed by atoms with van der Waals surface area (Å²) in [4.78, 5) is 23.5. The zero-order valence-electron chi connectivity index (χ0n) is 16.5. The predicted octanol–water partition coefficient (Wildman–Crippen LogP) is 4.14. The van der Waals surface area contributed by atoms with E-state index in [0.29, 0.717) is 19.0 Å². The number of unbranched alkanes of at least 4 members (excludes halogenated alkanes) is 8. The van der Waals surface area contributed by atoms with Gasteiger partial charge >= 0.3 is 11.9 Å². The van der Waals surface area contributed by atoms with Crippen LogP contribution in [0.25, 0.3) is 0 Å². The zero-order valence-corrected chi connectivity index (χ0v) is 16.5. The third kappa shape index (κ3) is 9.43. The molecule has 0 aliphatic carbocycles. The smallest absolute Gasteiger partial charge is 0.338 e. The van der Waals surface area contributed by atoms with Crippen LogP contribution in [0.5, 0.6) is 5.75 Å². The molecule has 0 aromatic heterocycles. The summed E-state index contributed by atoms with van der Waals surface area (Å²) < 4.78 is 15.1. The van der Waals surface area contributed by atoms with Gasteiger partial charge in [0.25, 0.3) is 0 Å². The number of carbonyl (C=O) groups excluding carboxylic acids is 2. The Labute approximate surface area is 161 Å². The molecule has 0 aliphatic rings. The van der Waals surface area contributed by atoms with Crippen LogP contribution in [0.1, 0.15) is 78.5 Å². The minimum Gasteiger partial charge on any atom is -0.494 e. The van der Waals surface area contributed by atoms with Crippen LogP contribution in [-0.4, -0.2) is 44.5 Å². The van der Waals surface area contributed by atoms with Crippen molar-refractivity contribution in [1.82, 2.24) is 0 Å². The average Bonchev–Trinajstić information content (AvgIpc) is 2.70. The first-order valence-electron chi connectivity index (χ1n) is 9.67. The average molecular weight is 380 g/mol. The topological polar surface area (TPSA) is 82.1 Å². The number of rotatable bonds is 14. The summed E-state index contributed by atoms with van der Waals surface area (Å²) >= 11 is 0. The van der Waals surface area contributed by atoms with Gasteiger partial charge in [-0.2, -0.15) is 0 Å². The number of hydrogen-bond donors (Lipinski definition) is 1. The summed E-state index contributed by atoms with van der Waals surface area (Å²) in [6.45, 7) is 0.825. The van der Waals surface area contributed by atoms with Crippen LogP contribution < -0.4 is 4.74 Å². The van der Waals surface area contributed by atoms with Crippen molar-refractivity contribution < 1.29 is 28.9 Å². The fourth-order valence-electron chi connectivity index (χ4n) is 2.80. The quantitative estimate of drug-likeness (QED) is 0.386. The van der Waals surface area contributed by atoms with Gasteiger partial charge in [0, 0.05) is 6.61 Å². The van der Waals surface area contributed by atoms with Gasteiger partial charge in [-0.05, 0) is 31.0 Å². The molecule has 0 saturated carbocycles. The Balaban J connectivity index is 2.33. The fraction of sp³-hybridized carbons (Fsp3) is 0.619. The SMILES string of the molecule is COC(=O)c1cc(OCCCCCCCCCCCO)cc(C(=O)OC)c1. The molecule has 1 N–H and O–H groups in total. The summed E-state index contributed by atoms with van der Waals surface area (Å²) in [6.07, 6.45) is 10.1. The third-order valence-corrected chi connectivity index (χ3v) is 4.32. The van der Waals surface area contributed by atoms with Gasteiger partial charge < -0.3 is 19.3 Å². The lowest BCUT2D eigenvalue weighted by Crippen LogP contribution is -2.08. The Morgan fingerprint density at radius 1 is 0.741 bits per heavy atom. The second kappa shape index (κ2) is 14.0. The van der Waals surface area contributed by atoms with E-state index in [1.54, 1.807) is 12.1 Å². The molecule has 0 amide bonds. The maximum absolute atomic E-state index is 11.7. The molecular weight excluding hydrogens is 348 g/mol. The monoisotopic (exact) mass is 380 g/mol. The normalized spacial score (nSPS) is 10.5. The zero-order chi connectivity index (χ0) is 19.9. The van der Waals surface area contributed by atoms with Gasteiger partial charge in [0.05, 0.1) is 32.0 Å². The van der Waals surface area contributed by atoms with E-state index < -0.39 is 11.9 Å². The highest BCUT2D eigenvalue weighted by atomic mass is 16.5. The molecule has 27 heavy (non-hydrogen) atoms. The van der Waals surface area contributed by atoms with Gasteiger partial charge in [0.15, 0.2) is 0 Å². The molecule has 0 bridgehead atoms. The Morgan fingerprint density at radius 2 is 1.19 bits per heavy atom. The van der Waals surface area contributed by atoms with Crippen LogP contribution in [0.4, 0.5) is 0 Å². The van der Waals surface area contributed by atoms with Crippen LogP contribution >= 0.6 is 0 Å². The number of ether oxygens (including phenoxy) is 3. The molecule has 0 fully saturated rings. The minimum atomic E-state index is -0.524. The molecule has 152 valence electrons. The van der Waals surface area contributed by atoms with Crippen molar-refractivity contribution in [2.75, 3.05) is 27.4 Å². The first kappa shape index (κ1) is 23.0. The molecule has 0 atom stereocenters. The Hall–Kier alpha value is -2.08. The standard InChI is InChI=1S/C21H32O6/c1-25-20(23)17-14-18(21(24)26-2)16-19(15-17)27-13-11-9-7-5-3-4-6-8-10-12-22/h14-16,22H,3-13H2,1-2H3. The van der Waals surface area contributed by atoms with Crippen LogP contribution in [0, 0.1) is 0 Å². The summed E-state index contributed by atoms with van der Waals surface area (Å²) in [5.41, 5.74) is 0.521. The van der Waals surface area contributed by atoms with Gasteiger partial charge in [0.2, 0.25) is 0 Å². The van der Waals surface area contributed by atoms with Gasteiger partial charge in [-0.1, -0.05) is 44.9 Å². The van der Waals surface area contributed by atoms with Crippen LogP contribution in [-0.2, 0) is 9.47 Å². The number of carbonyl (C=O) groups is 2. The predicted molar refractivity (Wildman–Crippen MR) is 103 cm³/mol. The second-order valence-corrected chi connectivity index (χ2v) is 6.48. The molecule has 6 heteroatoms. The van der Waals surface area contributed by atoms with Gasteiger partial charge in [-0.15, -0.1) is 0 Å². The van der Waals surface area contributed by atoms with Gasteiger partial charge in [0.1, 0.15) is 5.75 Å². The van der Waals surface area contributed by atoms with E-state index in [1.165, 1.54) is 52.4 Å². The maximum Gasteiger partial charge on any atom is 0.338 e. The molecule has 6 nitrogen and oxygen atoms in total. The van der Waals surface area contributed by atoms with E-state index >= 15 is 0 Å². The van der Waals surface area contributed by atoms with E-state index in [2.05, 4.69) is 0 Å². The van der Waals surface area contributed by atoms with Crippen LogP contribution in [0.3, 0.4) is 0 Å². The molecule has 1 rings (SSSR count). The first-order chi connectivity index (χ1) is 13.1. The Morgan fingerprint density at radius 3 is 1.63 bits per heavy atom. The molecule has 0 aliphatic heterocycles. The van der Waals surface area contributed by atoms with Gasteiger partial charge in [-0.25, -0.2) is 9.59 Å². The van der Waals surface area contributed by atoms with Crippen molar-refractivity contribution in [3.8, 4) is 5.75 Å². The van der Waals surface area contributed by atoms with Crippen molar-refractivity contribution in [1.29, 1.82) is 0 Å². The van der Waals surface area contributed by atoms with Crippen molar-refractivity contribution >= 4 is 11.9 Å². The number of esters is 2. The van der Waals surface area contributed by atoms with Crippen molar-refractivity contribution in [3.63, 3.8) is 0 Å². The first-order valence-corrected chi connectivity index (χ1v) is 9.67. The lowest BCUT2D eigenvalue weighted by molar-refractivity contribution is 0.0598. The van der Waals surface area contributed by atoms with E-state index in [1.807, 2.05) is 0 Å². The number of hydrogen-bond acceptors (Lipinski definition) is 6. The summed E-state index contributed by atoms with van der Waals surface area (Å²) in [5.74, 6) is -0.587. The molecule has 0 spiro atoms. The highest BCUT2D eigenvalue weighted by Gasteiger charge is 2.14. The number of methoxy groups -OCH3 is 2. The summed E-state index contributed by atoms with van der Waals surface area (Å²) in [7, 11) is 2.58. The largest absolute Gasteiger partial charge is 0.494 e. The molecule has 0 radical (unpaired) electrons. The molecule has 0 unspecified atom stereocenters. The Bertz CT molecular complexity index is 536. The lowest BCUT2D eigenvalue weighted by Gasteiger charge is -2.10. The van der Waals surface area contributed by atoms with Crippen molar-refractivity contribution in [3.05, 3.63) is 29.3 Å². The summed E-state index contributed by atoms with van der Waals surface area (Å²) in [5, 5.41) is 8.72. The summed E-state index contributed by atoms with van der Waals surface area (Å²) in [6, 6.07) is 4.58. The van der Waals surface area contributed by atoms with E-state index in [0.717, 1.165) is 25.7 Å². The molecule has 1 aromatic carbocycles. The van der Waals surface area contributed by atoms with Crippen LogP contribution in [0.15, 0.2) is 18.2 Å². The Kier molecular flexibility index (Phi) is 11.9. The molecule has 1 aromatic rings. The molecular formula is C21H32O6.